The van der Waals surface area contributed by atoms with E-state index in [1.165, 1.54) is 5.56 Å². The maximum absolute atomic E-state index is 10.3. The summed E-state index contributed by atoms with van der Waals surface area (Å²) in [5.41, 5.74) is 1.33. The van der Waals surface area contributed by atoms with Crippen LogP contribution in [0.25, 0.3) is 0 Å². The summed E-state index contributed by atoms with van der Waals surface area (Å²) < 4.78 is 0. The van der Waals surface area contributed by atoms with Crippen molar-refractivity contribution < 1.29 is 5.11 Å². The minimum Gasteiger partial charge on any atom is -0.390 e. The summed E-state index contributed by atoms with van der Waals surface area (Å²) in [6.45, 7) is 10.2. The molecule has 1 aliphatic heterocycles. The van der Waals surface area contributed by atoms with Crippen LogP contribution in [0.1, 0.15) is 5.56 Å². The Morgan fingerprint density at radius 2 is 1.52 bits per heavy atom. The number of aliphatic hydroxyl groups is 1. The molecular weight excluding hydrogens is 314 g/mol. The Morgan fingerprint density at radius 1 is 0.920 bits per heavy atom. The molecule has 1 saturated heterocycles. The number of hydrogen-bond acceptors (Lipinski definition) is 6. The fourth-order valence-electron chi connectivity index (χ4n) is 3.01. The molecule has 1 atom stereocenters. The summed E-state index contributed by atoms with van der Waals surface area (Å²) in [5.74, 6) is 0. The number of nitrogens with one attached hydrogen (secondary N) is 4. The summed E-state index contributed by atoms with van der Waals surface area (Å²) in [6, 6.07) is 10.5. The van der Waals surface area contributed by atoms with E-state index in [0.29, 0.717) is 6.54 Å². The molecule has 1 aliphatic rings. The third-order valence-electron chi connectivity index (χ3n) is 4.45. The van der Waals surface area contributed by atoms with Gasteiger partial charge in [-0.1, -0.05) is 30.3 Å². The van der Waals surface area contributed by atoms with E-state index < -0.39 is 0 Å². The molecule has 0 spiro atoms. The number of hydrogen-bond donors (Lipinski definition) is 5. The summed E-state index contributed by atoms with van der Waals surface area (Å²) in [7, 11) is 0. The molecule has 25 heavy (non-hydrogen) atoms. The topological polar surface area (TPSA) is 71.6 Å². The number of nitrogens with zero attached hydrogens (tertiary/aromatic N) is 1. The van der Waals surface area contributed by atoms with E-state index >= 15 is 0 Å². The average Bonchev–Trinajstić information content (AvgIpc) is 2.62. The first kappa shape index (κ1) is 20.3. The highest BCUT2D eigenvalue weighted by Crippen LogP contribution is 1.98. The largest absolute Gasteiger partial charge is 0.390 e. The van der Waals surface area contributed by atoms with Crippen LogP contribution in [0.2, 0.25) is 0 Å². The maximum Gasteiger partial charge on any atom is 0.0791 e. The van der Waals surface area contributed by atoms with Gasteiger partial charge in [-0.15, -0.1) is 0 Å². The van der Waals surface area contributed by atoms with Crippen molar-refractivity contribution in [2.24, 2.45) is 0 Å². The lowest BCUT2D eigenvalue weighted by Crippen LogP contribution is -2.45. The standard InChI is InChI=1S/C19H35N5O/c25-19(16-23-7-6-18-4-2-1-3-5-18)17-24-14-12-21-10-8-20-9-11-22-13-15-24/h1-5,19-23,25H,6-17H2. The molecule has 2 rings (SSSR count). The molecule has 1 aromatic rings. The van der Waals surface area contributed by atoms with E-state index in [1.54, 1.807) is 0 Å². The molecule has 1 aromatic carbocycles. The molecule has 0 bridgehead atoms. The van der Waals surface area contributed by atoms with E-state index in [9.17, 15) is 5.11 Å². The van der Waals surface area contributed by atoms with Crippen LogP contribution in [-0.2, 0) is 6.42 Å². The van der Waals surface area contributed by atoms with Crippen molar-refractivity contribution in [2.45, 2.75) is 12.5 Å². The molecule has 0 saturated carbocycles. The van der Waals surface area contributed by atoms with Crippen molar-refractivity contribution in [3.05, 3.63) is 35.9 Å². The zero-order valence-corrected chi connectivity index (χ0v) is 15.3. The summed E-state index contributed by atoms with van der Waals surface area (Å²) in [4.78, 5) is 2.35. The van der Waals surface area contributed by atoms with Crippen molar-refractivity contribution in [1.82, 2.24) is 26.2 Å². The minimum atomic E-state index is -0.328. The zero-order chi connectivity index (χ0) is 17.6. The van der Waals surface area contributed by atoms with E-state index in [4.69, 9.17) is 0 Å². The van der Waals surface area contributed by atoms with E-state index in [1.807, 2.05) is 6.07 Å². The molecule has 6 heteroatoms. The Morgan fingerprint density at radius 3 is 2.16 bits per heavy atom. The molecule has 1 fully saturated rings. The molecule has 1 unspecified atom stereocenters. The molecule has 5 N–H and O–H groups in total. The van der Waals surface area contributed by atoms with Gasteiger partial charge in [-0.05, 0) is 18.5 Å². The highest BCUT2D eigenvalue weighted by Gasteiger charge is 2.11. The van der Waals surface area contributed by atoms with Gasteiger partial charge in [-0.25, -0.2) is 0 Å². The Hall–Kier alpha value is -1.02. The van der Waals surface area contributed by atoms with Crippen molar-refractivity contribution in [3.8, 4) is 0 Å². The average molecular weight is 350 g/mol. The Labute approximate surface area is 152 Å². The Bertz CT molecular complexity index is 419. The molecular formula is C19H35N5O. The van der Waals surface area contributed by atoms with E-state index in [2.05, 4.69) is 50.4 Å². The van der Waals surface area contributed by atoms with Crippen LogP contribution in [0, 0.1) is 0 Å². The zero-order valence-electron chi connectivity index (χ0n) is 15.3. The van der Waals surface area contributed by atoms with Crippen LogP contribution in [0.3, 0.4) is 0 Å². The van der Waals surface area contributed by atoms with Gasteiger partial charge in [0.25, 0.3) is 0 Å². The van der Waals surface area contributed by atoms with Crippen molar-refractivity contribution >= 4 is 0 Å². The molecule has 0 aromatic heterocycles. The molecule has 6 nitrogen and oxygen atoms in total. The van der Waals surface area contributed by atoms with E-state index in [-0.39, 0.29) is 6.10 Å². The van der Waals surface area contributed by atoms with Crippen LogP contribution in [0.15, 0.2) is 30.3 Å². The molecule has 1 heterocycles. The van der Waals surface area contributed by atoms with Gasteiger partial charge in [0, 0.05) is 65.4 Å². The summed E-state index contributed by atoms with van der Waals surface area (Å²) >= 11 is 0. The van der Waals surface area contributed by atoms with Gasteiger partial charge in [-0.2, -0.15) is 0 Å². The van der Waals surface area contributed by atoms with Gasteiger partial charge in [0.2, 0.25) is 0 Å². The van der Waals surface area contributed by atoms with Crippen molar-refractivity contribution in [2.75, 3.05) is 72.0 Å². The van der Waals surface area contributed by atoms with Gasteiger partial charge in [0.1, 0.15) is 0 Å². The first-order chi connectivity index (χ1) is 12.3. The fourth-order valence-corrected chi connectivity index (χ4v) is 3.01. The van der Waals surface area contributed by atoms with Crippen LogP contribution >= 0.6 is 0 Å². The highest BCUT2D eigenvalue weighted by molar-refractivity contribution is 5.14. The van der Waals surface area contributed by atoms with Crippen molar-refractivity contribution in [3.63, 3.8) is 0 Å². The lowest BCUT2D eigenvalue weighted by atomic mass is 10.1. The number of benzene rings is 1. The second kappa shape index (κ2) is 13.2. The van der Waals surface area contributed by atoms with Crippen LogP contribution < -0.4 is 21.3 Å². The summed E-state index contributed by atoms with van der Waals surface area (Å²) in [6.07, 6.45) is 0.671. The van der Waals surface area contributed by atoms with Gasteiger partial charge >= 0.3 is 0 Å². The first-order valence-electron chi connectivity index (χ1n) is 9.62. The second-order valence-electron chi connectivity index (χ2n) is 6.64. The molecule has 0 radical (unpaired) electrons. The third kappa shape index (κ3) is 9.89. The lowest BCUT2D eigenvalue weighted by molar-refractivity contribution is 0.112. The van der Waals surface area contributed by atoms with Crippen LogP contribution in [-0.4, -0.2) is 88.1 Å². The predicted molar refractivity (Wildman–Crippen MR) is 104 cm³/mol. The Balaban J connectivity index is 1.61. The van der Waals surface area contributed by atoms with Crippen molar-refractivity contribution in [1.29, 1.82) is 0 Å². The van der Waals surface area contributed by atoms with Crippen LogP contribution in [0.4, 0.5) is 0 Å². The SMILES string of the molecule is OC(CNCCc1ccccc1)CN1CCNCCNCCNCC1. The summed E-state index contributed by atoms with van der Waals surface area (Å²) in [5, 5.41) is 24.0. The second-order valence-corrected chi connectivity index (χ2v) is 6.64. The Kier molecular flexibility index (Phi) is 10.7. The number of β-amino-alcohol motifs (C(OH)–C–C–N with tert-alkyl or cyclic N) is 1. The monoisotopic (exact) mass is 349 g/mol. The van der Waals surface area contributed by atoms with Gasteiger partial charge in [-0.3, -0.25) is 4.90 Å². The quantitative estimate of drug-likeness (QED) is 0.418. The fraction of sp³-hybridized carbons (Fsp3) is 0.684. The predicted octanol–water partition coefficient (Wildman–Crippen LogP) is -0.736. The highest BCUT2D eigenvalue weighted by atomic mass is 16.3. The maximum atomic E-state index is 10.3. The smallest absolute Gasteiger partial charge is 0.0791 e. The molecule has 142 valence electrons. The lowest BCUT2D eigenvalue weighted by Gasteiger charge is -2.26. The van der Waals surface area contributed by atoms with E-state index in [0.717, 1.165) is 71.9 Å². The van der Waals surface area contributed by atoms with Crippen LogP contribution in [0.5, 0.6) is 0 Å². The van der Waals surface area contributed by atoms with Gasteiger partial charge in [0.05, 0.1) is 6.10 Å². The normalized spacial score (nSPS) is 19.7. The van der Waals surface area contributed by atoms with Gasteiger partial charge in [0.15, 0.2) is 0 Å². The number of aliphatic hydroxyl groups excluding tert-OH is 1. The number of rotatable bonds is 7. The minimum absolute atomic E-state index is 0.328. The molecule has 0 amide bonds. The third-order valence-corrected chi connectivity index (χ3v) is 4.45. The first-order valence-corrected chi connectivity index (χ1v) is 9.62. The molecule has 0 aliphatic carbocycles. The van der Waals surface area contributed by atoms with Gasteiger partial charge < -0.3 is 26.4 Å².